The quantitative estimate of drug-likeness (QED) is 0.271. The first-order valence-corrected chi connectivity index (χ1v) is 8.96. The maximum atomic E-state index is 5.59. The van der Waals surface area contributed by atoms with Crippen molar-refractivity contribution in [3.63, 3.8) is 0 Å². The summed E-state index contributed by atoms with van der Waals surface area (Å²) in [7, 11) is 1.82. The minimum atomic E-state index is 0. The number of halogens is 1. The predicted molar refractivity (Wildman–Crippen MR) is 114 cm³/mol. The molecule has 1 aromatic rings. The zero-order valence-electron chi connectivity index (χ0n) is 15.4. The number of nitrogens with one attached hydrogen (secondary N) is 2. The van der Waals surface area contributed by atoms with E-state index in [1.54, 1.807) is 0 Å². The third kappa shape index (κ3) is 7.11. The van der Waals surface area contributed by atoms with E-state index in [4.69, 9.17) is 9.47 Å². The molecule has 0 amide bonds. The van der Waals surface area contributed by atoms with Crippen LogP contribution in [-0.2, 0) is 14.9 Å². The molecule has 1 saturated heterocycles. The van der Waals surface area contributed by atoms with Crippen LogP contribution in [-0.4, -0.2) is 52.5 Å². The number of ether oxygens (including phenoxy) is 2. The third-order valence-corrected chi connectivity index (χ3v) is 4.62. The summed E-state index contributed by atoms with van der Waals surface area (Å²) in [5.41, 5.74) is 1.50. The van der Waals surface area contributed by atoms with Crippen LogP contribution in [0, 0.1) is 0 Å². The van der Waals surface area contributed by atoms with Gasteiger partial charge in [0.1, 0.15) is 0 Å². The topological polar surface area (TPSA) is 54.9 Å². The molecule has 2 N–H and O–H groups in total. The Balaban J connectivity index is 0.00000312. The molecular formula is C19H32IN3O2. The van der Waals surface area contributed by atoms with Gasteiger partial charge in [0.25, 0.3) is 0 Å². The summed E-state index contributed by atoms with van der Waals surface area (Å²) >= 11 is 0. The fourth-order valence-corrected chi connectivity index (χ4v) is 3.12. The number of hydrogen-bond donors (Lipinski definition) is 2. The van der Waals surface area contributed by atoms with Crippen LogP contribution in [0.15, 0.2) is 35.3 Å². The molecule has 0 aliphatic carbocycles. The van der Waals surface area contributed by atoms with Crippen molar-refractivity contribution in [3.05, 3.63) is 35.9 Å². The highest BCUT2D eigenvalue weighted by atomic mass is 127. The zero-order chi connectivity index (χ0) is 17.1. The second kappa shape index (κ2) is 12.5. The van der Waals surface area contributed by atoms with Gasteiger partial charge < -0.3 is 20.1 Å². The van der Waals surface area contributed by atoms with Crippen LogP contribution in [0.2, 0.25) is 0 Å². The highest BCUT2D eigenvalue weighted by molar-refractivity contribution is 14.0. The minimum Gasteiger partial charge on any atom is -0.382 e. The summed E-state index contributed by atoms with van der Waals surface area (Å²) in [6.45, 7) is 6.94. The lowest BCUT2D eigenvalue weighted by molar-refractivity contribution is 0.0514. The van der Waals surface area contributed by atoms with Crippen molar-refractivity contribution in [1.82, 2.24) is 10.6 Å². The second-order valence-corrected chi connectivity index (χ2v) is 6.16. The molecule has 5 nitrogen and oxygen atoms in total. The minimum absolute atomic E-state index is 0. The zero-order valence-corrected chi connectivity index (χ0v) is 17.8. The Bertz CT molecular complexity index is 491. The lowest BCUT2D eigenvalue weighted by Gasteiger charge is -2.38. The molecule has 0 radical (unpaired) electrons. The van der Waals surface area contributed by atoms with Crippen LogP contribution < -0.4 is 10.6 Å². The lowest BCUT2D eigenvalue weighted by Crippen LogP contribution is -2.48. The molecule has 0 bridgehead atoms. The van der Waals surface area contributed by atoms with Gasteiger partial charge >= 0.3 is 0 Å². The smallest absolute Gasteiger partial charge is 0.191 e. The van der Waals surface area contributed by atoms with Gasteiger partial charge in [0.15, 0.2) is 5.96 Å². The van der Waals surface area contributed by atoms with Gasteiger partial charge in [-0.15, -0.1) is 24.0 Å². The SMILES string of the molecule is CCOCCCNC(=NC)NCC1(c2ccccc2)CCOCC1.I. The van der Waals surface area contributed by atoms with Gasteiger partial charge in [0.2, 0.25) is 0 Å². The standard InChI is InChI=1S/C19H31N3O2.HI/c1-3-23-13-7-12-21-18(20-2)22-16-19(10-14-24-15-11-19)17-8-5-4-6-9-17;/h4-6,8-9H,3,7,10-16H2,1-2H3,(H2,20,21,22);1H. The van der Waals surface area contributed by atoms with E-state index in [0.717, 1.165) is 64.7 Å². The number of benzene rings is 1. The molecule has 0 aromatic heterocycles. The lowest BCUT2D eigenvalue weighted by atomic mass is 9.74. The summed E-state index contributed by atoms with van der Waals surface area (Å²) in [4.78, 5) is 4.34. The molecule has 1 heterocycles. The van der Waals surface area contributed by atoms with E-state index in [9.17, 15) is 0 Å². The van der Waals surface area contributed by atoms with E-state index in [2.05, 4.69) is 46.0 Å². The monoisotopic (exact) mass is 461 g/mol. The fourth-order valence-electron chi connectivity index (χ4n) is 3.12. The molecule has 1 aliphatic rings. The Morgan fingerprint density at radius 1 is 1.20 bits per heavy atom. The van der Waals surface area contributed by atoms with E-state index in [1.165, 1.54) is 5.56 Å². The van der Waals surface area contributed by atoms with Crippen molar-refractivity contribution in [2.45, 2.75) is 31.6 Å². The molecule has 6 heteroatoms. The molecule has 142 valence electrons. The maximum Gasteiger partial charge on any atom is 0.191 e. The van der Waals surface area contributed by atoms with Crippen LogP contribution in [0.5, 0.6) is 0 Å². The van der Waals surface area contributed by atoms with Gasteiger partial charge in [-0.1, -0.05) is 30.3 Å². The first-order chi connectivity index (χ1) is 11.8. The van der Waals surface area contributed by atoms with Crippen LogP contribution in [0.25, 0.3) is 0 Å². The van der Waals surface area contributed by atoms with Crippen molar-refractivity contribution >= 4 is 29.9 Å². The van der Waals surface area contributed by atoms with Crippen LogP contribution >= 0.6 is 24.0 Å². The van der Waals surface area contributed by atoms with E-state index in [0.29, 0.717) is 0 Å². The number of nitrogens with zero attached hydrogens (tertiary/aromatic N) is 1. The predicted octanol–water partition coefficient (Wildman–Crippen LogP) is 2.94. The van der Waals surface area contributed by atoms with E-state index < -0.39 is 0 Å². The first-order valence-electron chi connectivity index (χ1n) is 8.96. The van der Waals surface area contributed by atoms with Crippen LogP contribution in [0.1, 0.15) is 31.7 Å². The van der Waals surface area contributed by atoms with Crippen LogP contribution in [0.4, 0.5) is 0 Å². The normalized spacial score (nSPS) is 16.8. The first kappa shape index (κ1) is 22.2. The molecule has 1 fully saturated rings. The van der Waals surface area contributed by atoms with Crippen molar-refractivity contribution in [2.24, 2.45) is 4.99 Å². The van der Waals surface area contributed by atoms with Crippen LogP contribution in [0.3, 0.4) is 0 Å². The summed E-state index contributed by atoms with van der Waals surface area (Å²) in [6.07, 6.45) is 3.04. The van der Waals surface area contributed by atoms with Crippen molar-refractivity contribution < 1.29 is 9.47 Å². The van der Waals surface area contributed by atoms with E-state index >= 15 is 0 Å². The Morgan fingerprint density at radius 2 is 1.92 bits per heavy atom. The van der Waals surface area contributed by atoms with Crippen molar-refractivity contribution in [3.8, 4) is 0 Å². The van der Waals surface area contributed by atoms with E-state index in [1.807, 2.05) is 14.0 Å². The molecule has 25 heavy (non-hydrogen) atoms. The third-order valence-electron chi connectivity index (χ3n) is 4.62. The second-order valence-electron chi connectivity index (χ2n) is 6.16. The van der Waals surface area contributed by atoms with Gasteiger partial charge in [0, 0.05) is 52.0 Å². The average molecular weight is 461 g/mol. The fraction of sp³-hybridized carbons (Fsp3) is 0.632. The van der Waals surface area contributed by atoms with Gasteiger partial charge in [-0.05, 0) is 31.7 Å². The highest BCUT2D eigenvalue weighted by Gasteiger charge is 2.34. The number of aliphatic imine (C=N–C) groups is 1. The molecule has 0 unspecified atom stereocenters. The Labute approximate surface area is 169 Å². The van der Waals surface area contributed by atoms with Gasteiger partial charge in [-0.25, -0.2) is 0 Å². The molecule has 0 atom stereocenters. The Kier molecular flexibility index (Phi) is 11.1. The molecule has 1 aliphatic heterocycles. The molecule has 0 spiro atoms. The summed E-state index contributed by atoms with van der Waals surface area (Å²) in [5.74, 6) is 0.855. The molecule has 0 saturated carbocycles. The van der Waals surface area contributed by atoms with E-state index in [-0.39, 0.29) is 29.4 Å². The molecule has 1 aromatic carbocycles. The Hall–Kier alpha value is -0.860. The number of rotatable bonds is 8. The summed E-state index contributed by atoms with van der Waals surface area (Å²) < 4.78 is 11.0. The van der Waals surface area contributed by atoms with Crippen molar-refractivity contribution in [1.29, 1.82) is 0 Å². The average Bonchev–Trinajstić information content (AvgIpc) is 2.65. The Morgan fingerprint density at radius 3 is 2.56 bits per heavy atom. The van der Waals surface area contributed by atoms with Crippen molar-refractivity contribution in [2.75, 3.05) is 46.6 Å². The van der Waals surface area contributed by atoms with Gasteiger partial charge in [0.05, 0.1) is 0 Å². The number of guanidine groups is 1. The summed E-state index contributed by atoms with van der Waals surface area (Å²) in [5, 5.41) is 6.88. The number of hydrogen-bond acceptors (Lipinski definition) is 3. The molecular weight excluding hydrogens is 429 g/mol. The van der Waals surface area contributed by atoms with Gasteiger partial charge in [-0.2, -0.15) is 0 Å². The highest BCUT2D eigenvalue weighted by Crippen LogP contribution is 2.34. The van der Waals surface area contributed by atoms with Gasteiger partial charge in [-0.3, -0.25) is 4.99 Å². The largest absolute Gasteiger partial charge is 0.382 e. The summed E-state index contributed by atoms with van der Waals surface area (Å²) in [6, 6.07) is 10.8. The molecule has 2 rings (SSSR count). The maximum absolute atomic E-state index is 5.59.